The van der Waals surface area contributed by atoms with E-state index in [1.165, 1.54) is 0 Å². The number of hydrogen-bond acceptors (Lipinski definition) is 6. The van der Waals surface area contributed by atoms with Crippen LogP contribution in [0.4, 0.5) is 11.5 Å². The number of nitrogens with zero attached hydrogens (tertiary/aromatic N) is 2. The van der Waals surface area contributed by atoms with Gasteiger partial charge >= 0.3 is 11.2 Å². The van der Waals surface area contributed by atoms with Gasteiger partial charge < -0.3 is 4.98 Å². The molecule has 108 valence electrons. The standard InChI is InChI=1S/C12H11N5O4/c1-7-4-2-3-5-8(7)11(18)16-15-10-9(17(20)21)12(19)14-6-13-10/h2-6H,1H3,(H,16,18)(H2,13,14,15,19). The Bertz CT molecular complexity index is 755. The van der Waals surface area contributed by atoms with E-state index in [0.29, 0.717) is 5.56 Å². The van der Waals surface area contributed by atoms with Crippen LogP contribution in [0, 0.1) is 17.0 Å². The number of nitrogens with one attached hydrogen (secondary N) is 3. The number of carbonyl (C=O) groups excluding carboxylic acids is 1. The summed E-state index contributed by atoms with van der Waals surface area (Å²) in [5.74, 6) is -0.838. The number of hydrazine groups is 1. The second-order valence-electron chi connectivity index (χ2n) is 4.08. The Morgan fingerprint density at radius 1 is 1.38 bits per heavy atom. The molecule has 1 heterocycles. The van der Waals surface area contributed by atoms with Crippen LogP contribution in [0.2, 0.25) is 0 Å². The molecule has 0 fully saturated rings. The lowest BCUT2D eigenvalue weighted by atomic mass is 10.1. The van der Waals surface area contributed by atoms with E-state index in [2.05, 4.69) is 20.8 Å². The predicted molar refractivity (Wildman–Crippen MR) is 73.8 cm³/mol. The van der Waals surface area contributed by atoms with Gasteiger partial charge in [0, 0.05) is 5.56 Å². The lowest BCUT2D eigenvalue weighted by Gasteiger charge is -2.08. The second kappa shape index (κ2) is 5.82. The average Bonchev–Trinajstić information content (AvgIpc) is 2.44. The minimum absolute atomic E-state index is 0.342. The molecule has 0 spiro atoms. The number of amides is 1. The van der Waals surface area contributed by atoms with Gasteiger partial charge in [-0.1, -0.05) is 18.2 Å². The molecule has 1 amide bonds. The predicted octanol–water partition coefficient (Wildman–Crippen LogP) is 0.743. The van der Waals surface area contributed by atoms with Crippen molar-refractivity contribution in [2.45, 2.75) is 6.92 Å². The Hall–Kier alpha value is -3.23. The molecule has 9 nitrogen and oxygen atoms in total. The van der Waals surface area contributed by atoms with Crippen molar-refractivity contribution in [3.05, 3.63) is 62.2 Å². The third-order valence-electron chi connectivity index (χ3n) is 2.70. The number of anilines is 1. The molecule has 0 saturated heterocycles. The quantitative estimate of drug-likeness (QED) is 0.562. The van der Waals surface area contributed by atoms with Crippen molar-refractivity contribution in [1.82, 2.24) is 15.4 Å². The number of benzene rings is 1. The number of aromatic nitrogens is 2. The van der Waals surface area contributed by atoms with Crippen LogP contribution in [-0.4, -0.2) is 20.8 Å². The fourth-order valence-corrected chi connectivity index (χ4v) is 1.66. The molecule has 0 saturated carbocycles. The Morgan fingerprint density at radius 2 is 2.10 bits per heavy atom. The summed E-state index contributed by atoms with van der Waals surface area (Å²) in [5.41, 5.74) is 4.01. The first-order valence-corrected chi connectivity index (χ1v) is 5.84. The molecule has 2 rings (SSSR count). The number of carbonyl (C=O) groups is 1. The average molecular weight is 289 g/mol. The molecule has 0 aliphatic heterocycles. The lowest BCUT2D eigenvalue weighted by Crippen LogP contribution is -2.31. The minimum atomic E-state index is -0.914. The Morgan fingerprint density at radius 3 is 2.76 bits per heavy atom. The van der Waals surface area contributed by atoms with Gasteiger partial charge in [-0.05, 0) is 18.6 Å². The summed E-state index contributed by atoms with van der Waals surface area (Å²) in [6.45, 7) is 1.75. The van der Waals surface area contributed by atoms with Crippen LogP contribution in [-0.2, 0) is 0 Å². The number of hydrogen-bond donors (Lipinski definition) is 3. The molecular formula is C12H11N5O4. The van der Waals surface area contributed by atoms with Crippen LogP contribution < -0.4 is 16.4 Å². The first-order valence-electron chi connectivity index (χ1n) is 5.84. The number of nitro groups is 1. The molecule has 1 aromatic carbocycles. The van der Waals surface area contributed by atoms with Gasteiger partial charge in [0.1, 0.15) is 0 Å². The van der Waals surface area contributed by atoms with E-state index in [1.807, 2.05) is 0 Å². The molecule has 0 aliphatic carbocycles. The third-order valence-corrected chi connectivity index (χ3v) is 2.70. The van der Waals surface area contributed by atoms with Crippen molar-refractivity contribution in [3.8, 4) is 0 Å². The Kier molecular flexibility index (Phi) is 3.93. The summed E-state index contributed by atoms with van der Waals surface area (Å²) in [5, 5.41) is 10.8. The van der Waals surface area contributed by atoms with E-state index >= 15 is 0 Å². The van der Waals surface area contributed by atoms with Gasteiger partial charge in [0.2, 0.25) is 5.82 Å². The van der Waals surface area contributed by atoms with Crippen LogP contribution in [0.5, 0.6) is 0 Å². The van der Waals surface area contributed by atoms with Crippen LogP contribution in [0.1, 0.15) is 15.9 Å². The molecule has 1 aromatic heterocycles. The van der Waals surface area contributed by atoms with Gasteiger partial charge in [0.15, 0.2) is 0 Å². The highest BCUT2D eigenvalue weighted by atomic mass is 16.6. The summed E-state index contributed by atoms with van der Waals surface area (Å²) < 4.78 is 0. The highest BCUT2D eigenvalue weighted by Gasteiger charge is 2.21. The molecule has 21 heavy (non-hydrogen) atoms. The van der Waals surface area contributed by atoms with E-state index in [-0.39, 0.29) is 5.82 Å². The number of H-pyrrole nitrogens is 1. The van der Waals surface area contributed by atoms with E-state index < -0.39 is 22.1 Å². The molecule has 0 radical (unpaired) electrons. The van der Waals surface area contributed by atoms with Crippen LogP contribution in [0.15, 0.2) is 35.4 Å². The summed E-state index contributed by atoms with van der Waals surface area (Å²) in [4.78, 5) is 38.9. The molecule has 0 bridgehead atoms. The van der Waals surface area contributed by atoms with E-state index in [9.17, 15) is 19.7 Å². The molecular weight excluding hydrogens is 278 g/mol. The maximum absolute atomic E-state index is 11.9. The zero-order valence-corrected chi connectivity index (χ0v) is 10.9. The summed E-state index contributed by atoms with van der Waals surface area (Å²) >= 11 is 0. The smallest absolute Gasteiger partial charge is 0.307 e. The van der Waals surface area contributed by atoms with Gasteiger partial charge in [-0.25, -0.2) is 4.98 Å². The van der Waals surface area contributed by atoms with Crippen molar-refractivity contribution in [2.24, 2.45) is 0 Å². The summed E-state index contributed by atoms with van der Waals surface area (Å²) in [7, 11) is 0. The maximum atomic E-state index is 11.9. The van der Waals surface area contributed by atoms with E-state index in [1.54, 1.807) is 31.2 Å². The molecule has 0 aliphatic rings. The van der Waals surface area contributed by atoms with Crippen molar-refractivity contribution in [3.63, 3.8) is 0 Å². The van der Waals surface area contributed by atoms with Crippen LogP contribution in [0.25, 0.3) is 0 Å². The van der Waals surface area contributed by atoms with Crippen molar-refractivity contribution in [1.29, 1.82) is 0 Å². The highest BCUT2D eigenvalue weighted by molar-refractivity contribution is 5.96. The second-order valence-corrected chi connectivity index (χ2v) is 4.08. The molecule has 0 unspecified atom stereocenters. The minimum Gasteiger partial charge on any atom is -0.307 e. The lowest BCUT2D eigenvalue weighted by molar-refractivity contribution is -0.385. The fourth-order valence-electron chi connectivity index (χ4n) is 1.66. The molecule has 0 atom stereocenters. The van der Waals surface area contributed by atoms with Gasteiger partial charge in [0.25, 0.3) is 5.91 Å². The highest BCUT2D eigenvalue weighted by Crippen LogP contribution is 2.14. The number of aromatic amines is 1. The number of aryl methyl sites for hydroxylation is 1. The van der Waals surface area contributed by atoms with Crippen LogP contribution >= 0.6 is 0 Å². The molecule has 2 aromatic rings. The van der Waals surface area contributed by atoms with Crippen molar-refractivity contribution >= 4 is 17.4 Å². The monoisotopic (exact) mass is 289 g/mol. The van der Waals surface area contributed by atoms with Gasteiger partial charge in [-0.2, -0.15) is 0 Å². The first kappa shape index (κ1) is 14.2. The summed E-state index contributed by atoms with van der Waals surface area (Å²) in [6.07, 6.45) is 0.998. The molecule has 9 heteroatoms. The number of rotatable bonds is 4. The van der Waals surface area contributed by atoms with Gasteiger partial charge in [-0.15, -0.1) is 0 Å². The fraction of sp³-hybridized carbons (Fsp3) is 0.0833. The first-order chi connectivity index (χ1) is 10.0. The van der Waals surface area contributed by atoms with E-state index in [0.717, 1.165) is 11.9 Å². The zero-order valence-electron chi connectivity index (χ0n) is 10.9. The maximum Gasteiger partial charge on any atom is 0.377 e. The third kappa shape index (κ3) is 3.03. The Balaban J connectivity index is 2.20. The van der Waals surface area contributed by atoms with Crippen LogP contribution in [0.3, 0.4) is 0 Å². The Labute approximate surface area is 118 Å². The zero-order chi connectivity index (χ0) is 15.4. The van der Waals surface area contributed by atoms with Gasteiger partial charge in [0.05, 0.1) is 11.3 Å². The summed E-state index contributed by atoms with van der Waals surface area (Å²) in [6, 6.07) is 6.83. The van der Waals surface area contributed by atoms with Crippen molar-refractivity contribution in [2.75, 3.05) is 5.43 Å². The largest absolute Gasteiger partial charge is 0.377 e. The molecule has 3 N–H and O–H groups in total. The van der Waals surface area contributed by atoms with Crippen molar-refractivity contribution < 1.29 is 9.72 Å². The normalized spacial score (nSPS) is 9.95. The van der Waals surface area contributed by atoms with E-state index in [4.69, 9.17) is 0 Å². The topological polar surface area (TPSA) is 130 Å². The van der Waals surface area contributed by atoms with Gasteiger partial charge in [-0.3, -0.25) is 30.6 Å². The SMILES string of the molecule is Cc1ccccc1C(=O)NNc1nc[nH]c(=O)c1[N+](=O)[O-].